The van der Waals surface area contributed by atoms with E-state index in [2.05, 4.69) is 4.74 Å². The Morgan fingerprint density at radius 2 is 1.75 bits per heavy atom. The van der Waals surface area contributed by atoms with Crippen molar-refractivity contribution in [1.29, 1.82) is 0 Å². The molecule has 0 aliphatic heterocycles. The highest BCUT2D eigenvalue weighted by Gasteiger charge is 2.32. The van der Waals surface area contributed by atoms with E-state index in [4.69, 9.17) is 5.11 Å². The Morgan fingerprint density at radius 3 is 2.45 bits per heavy atom. The maximum atomic E-state index is 12.4. The lowest BCUT2D eigenvalue weighted by molar-refractivity contribution is -0.274. The van der Waals surface area contributed by atoms with Crippen LogP contribution in [-0.2, 0) is 6.42 Å². The van der Waals surface area contributed by atoms with Gasteiger partial charge in [0.25, 0.3) is 0 Å². The van der Waals surface area contributed by atoms with Crippen molar-refractivity contribution in [2.24, 2.45) is 0 Å². The zero-order chi connectivity index (χ0) is 14.6. The Morgan fingerprint density at radius 1 is 1.00 bits per heavy atom. The van der Waals surface area contributed by atoms with Crippen molar-refractivity contribution >= 4 is 0 Å². The molecule has 1 N–H and O–H groups in total. The van der Waals surface area contributed by atoms with Crippen LogP contribution in [0.25, 0.3) is 11.1 Å². The third kappa shape index (κ3) is 3.74. The summed E-state index contributed by atoms with van der Waals surface area (Å²) in [6, 6.07) is 13.0. The molecule has 20 heavy (non-hydrogen) atoms. The minimum Gasteiger partial charge on any atom is -0.405 e. The summed E-state index contributed by atoms with van der Waals surface area (Å²) in [6.07, 6.45) is -4.27. The molecule has 0 heterocycles. The molecule has 2 aromatic carbocycles. The van der Waals surface area contributed by atoms with Gasteiger partial charge in [-0.05, 0) is 23.6 Å². The lowest BCUT2D eigenvalue weighted by atomic mass is 10.0. The average Bonchev–Trinajstić information content (AvgIpc) is 2.38. The Labute approximate surface area is 114 Å². The van der Waals surface area contributed by atoms with Crippen LogP contribution in [0.2, 0.25) is 0 Å². The van der Waals surface area contributed by atoms with Gasteiger partial charge in [0.15, 0.2) is 0 Å². The molecule has 0 aromatic heterocycles. The number of hydrogen-bond acceptors (Lipinski definition) is 2. The van der Waals surface area contributed by atoms with E-state index in [1.807, 2.05) is 6.07 Å². The summed E-state index contributed by atoms with van der Waals surface area (Å²) in [7, 11) is 0. The Bertz CT molecular complexity index is 579. The molecule has 0 fully saturated rings. The first-order valence-electron chi connectivity index (χ1n) is 6.04. The number of para-hydroxylation sites is 1. The summed E-state index contributed by atoms with van der Waals surface area (Å²) in [4.78, 5) is 0. The fourth-order valence-corrected chi connectivity index (χ4v) is 1.94. The van der Waals surface area contributed by atoms with E-state index in [0.29, 0.717) is 17.5 Å². The van der Waals surface area contributed by atoms with Gasteiger partial charge >= 0.3 is 6.36 Å². The number of alkyl halides is 3. The molecule has 2 aromatic rings. The molecule has 2 nitrogen and oxygen atoms in total. The second kappa shape index (κ2) is 5.96. The summed E-state index contributed by atoms with van der Waals surface area (Å²) in [6.45, 7) is -0.00977. The molecule has 0 spiro atoms. The highest BCUT2D eigenvalue weighted by Crippen LogP contribution is 2.33. The van der Waals surface area contributed by atoms with E-state index in [1.165, 1.54) is 12.1 Å². The molecular weight excluding hydrogens is 269 g/mol. The number of ether oxygens (including phenoxy) is 1. The van der Waals surface area contributed by atoms with Gasteiger partial charge in [0.05, 0.1) is 0 Å². The summed E-state index contributed by atoms with van der Waals surface area (Å²) in [5, 5.41) is 8.92. The van der Waals surface area contributed by atoms with Crippen LogP contribution in [0.15, 0.2) is 48.5 Å². The molecule has 0 unspecified atom stereocenters. The van der Waals surface area contributed by atoms with Crippen molar-refractivity contribution in [2.75, 3.05) is 6.61 Å². The van der Waals surface area contributed by atoms with Crippen molar-refractivity contribution in [3.63, 3.8) is 0 Å². The highest BCUT2D eigenvalue weighted by molar-refractivity contribution is 5.70. The third-order valence-corrected chi connectivity index (χ3v) is 2.75. The van der Waals surface area contributed by atoms with E-state index in [0.717, 1.165) is 5.56 Å². The molecule has 0 saturated carbocycles. The van der Waals surface area contributed by atoms with Crippen LogP contribution in [0.4, 0.5) is 13.2 Å². The van der Waals surface area contributed by atoms with Crippen molar-refractivity contribution in [1.82, 2.24) is 0 Å². The number of hydrogen-bond donors (Lipinski definition) is 1. The first-order valence-corrected chi connectivity index (χ1v) is 6.04. The maximum absolute atomic E-state index is 12.4. The molecule has 0 amide bonds. The van der Waals surface area contributed by atoms with Crippen molar-refractivity contribution < 1.29 is 23.0 Å². The van der Waals surface area contributed by atoms with Crippen LogP contribution in [0.1, 0.15) is 5.56 Å². The number of aliphatic hydroxyl groups is 1. The summed E-state index contributed by atoms with van der Waals surface area (Å²) in [5.41, 5.74) is 1.84. The lowest BCUT2D eigenvalue weighted by Crippen LogP contribution is -2.17. The molecule has 106 valence electrons. The first-order chi connectivity index (χ1) is 9.49. The number of benzene rings is 2. The van der Waals surface area contributed by atoms with E-state index < -0.39 is 6.36 Å². The standard InChI is InChI=1S/C15H13F3O2/c16-15(17,18)20-14-7-2-1-6-13(14)12-5-3-4-11(10-12)8-9-19/h1-7,10,19H,8-9H2. The van der Waals surface area contributed by atoms with Gasteiger partial charge in [0.2, 0.25) is 0 Å². The molecule has 0 bridgehead atoms. The third-order valence-electron chi connectivity index (χ3n) is 2.75. The van der Waals surface area contributed by atoms with Gasteiger partial charge in [-0.1, -0.05) is 42.5 Å². The van der Waals surface area contributed by atoms with Gasteiger partial charge in [-0.3, -0.25) is 0 Å². The predicted molar refractivity (Wildman–Crippen MR) is 69.4 cm³/mol. The van der Waals surface area contributed by atoms with E-state index in [1.54, 1.807) is 30.3 Å². The SMILES string of the molecule is OCCc1cccc(-c2ccccc2OC(F)(F)F)c1. The fourth-order valence-electron chi connectivity index (χ4n) is 1.94. The molecule has 2 rings (SSSR count). The molecule has 0 atom stereocenters. The Balaban J connectivity index is 2.39. The van der Waals surface area contributed by atoms with E-state index in [-0.39, 0.29) is 12.4 Å². The minimum atomic E-state index is -4.72. The van der Waals surface area contributed by atoms with Crippen LogP contribution < -0.4 is 4.74 Å². The van der Waals surface area contributed by atoms with Crippen molar-refractivity contribution in [3.05, 3.63) is 54.1 Å². The van der Waals surface area contributed by atoms with Crippen LogP contribution in [0, 0.1) is 0 Å². The minimum absolute atomic E-state index is 0.00977. The zero-order valence-corrected chi connectivity index (χ0v) is 10.5. The van der Waals surface area contributed by atoms with Gasteiger partial charge in [-0.15, -0.1) is 13.2 Å². The van der Waals surface area contributed by atoms with Gasteiger partial charge in [-0.2, -0.15) is 0 Å². The molecule has 5 heteroatoms. The molecule has 0 saturated heterocycles. The highest BCUT2D eigenvalue weighted by atomic mass is 19.4. The van der Waals surface area contributed by atoms with Crippen LogP contribution >= 0.6 is 0 Å². The maximum Gasteiger partial charge on any atom is 0.573 e. The first kappa shape index (κ1) is 14.4. The zero-order valence-electron chi connectivity index (χ0n) is 10.5. The molecule has 0 aliphatic rings. The number of rotatable bonds is 4. The Kier molecular flexibility index (Phi) is 4.29. The van der Waals surface area contributed by atoms with Gasteiger partial charge in [0.1, 0.15) is 5.75 Å². The van der Waals surface area contributed by atoms with E-state index in [9.17, 15) is 13.2 Å². The summed E-state index contributed by atoms with van der Waals surface area (Å²) in [5.74, 6) is -0.235. The summed E-state index contributed by atoms with van der Waals surface area (Å²) < 4.78 is 41.2. The van der Waals surface area contributed by atoms with Gasteiger partial charge in [0, 0.05) is 12.2 Å². The lowest BCUT2D eigenvalue weighted by Gasteiger charge is -2.13. The number of halogens is 3. The monoisotopic (exact) mass is 282 g/mol. The molecular formula is C15H13F3O2. The second-order valence-corrected chi connectivity index (χ2v) is 4.22. The van der Waals surface area contributed by atoms with Gasteiger partial charge < -0.3 is 9.84 Å². The van der Waals surface area contributed by atoms with Crippen molar-refractivity contribution in [2.45, 2.75) is 12.8 Å². The smallest absolute Gasteiger partial charge is 0.405 e. The topological polar surface area (TPSA) is 29.5 Å². The average molecular weight is 282 g/mol. The molecule has 0 aliphatic carbocycles. The molecule has 0 radical (unpaired) electrons. The fraction of sp³-hybridized carbons (Fsp3) is 0.200. The van der Waals surface area contributed by atoms with Crippen LogP contribution in [0.5, 0.6) is 5.75 Å². The van der Waals surface area contributed by atoms with Crippen LogP contribution in [0.3, 0.4) is 0 Å². The normalized spacial score (nSPS) is 11.4. The predicted octanol–water partition coefficient (Wildman–Crippen LogP) is 3.79. The Hall–Kier alpha value is -2.01. The van der Waals surface area contributed by atoms with Gasteiger partial charge in [-0.25, -0.2) is 0 Å². The quantitative estimate of drug-likeness (QED) is 0.924. The largest absolute Gasteiger partial charge is 0.573 e. The second-order valence-electron chi connectivity index (χ2n) is 4.22. The summed E-state index contributed by atoms with van der Waals surface area (Å²) >= 11 is 0. The van der Waals surface area contributed by atoms with Crippen LogP contribution in [-0.4, -0.2) is 18.1 Å². The van der Waals surface area contributed by atoms with Crippen molar-refractivity contribution in [3.8, 4) is 16.9 Å². The van der Waals surface area contributed by atoms with E-state index >= 15 is 0 Å². The number of aliphatic hydroxyl groups excluding tert-OH is 1.